The maximum Gasteiger partial charge on any atom is 0.216 e. The van der Waals surface area contributed by atoms with Crippen LogP contribution >= 0.6 is 0 Å². The van der Waals surface area contributed by atoms with Gasteiger partial charge in [-0.1, -0.05) is 49.6 Å². The summed E-state index contributed by atoms with van der Waals surface area (Å²) in [6.07, 6.45) is 11.2. The van der Waals surface area contributed by atoms with E-state index in [-0.39, 0.29) is 5.82 Å². The fraction of sp³-hybridized carbons (Fsp3) is 0.324. The molecule has 1 saturated carbocycles. The van der Waals surface area contributed by atoms with Crippen LogP contribution in [0.3, 0.4) is 0 Å². The Hall–Kier alpha value is -3.46. The van der Waals surface area contributed by atoms with Gasteiger partial charge in [0.2, 0.25) is 5.69 Å². The molecular weight excluding hydrogens is 457 g/mol. The molecule has 0 N–H and O–H groups in total. The van der Waals surface area contributed by atoms with Gasteiger partial charge < -0.3 is 4.42 Å². The van der Waals surface area contributed by atoms with Gasteiger partial charge in [0, 0.05) is 22.9 Å². The predicted octanol–water partition coefficient (Wildman–Crippen LogP) is 8.80. The van der Waals surface area contributed by atoms with Crippen molar-refractivity contribution in [2.75, 3.05) is 0 Å². The molecule has 0 bridgehead atoms. The minimum atomic E-state index is -0.225. The second-order valence-corrected chi connectivity index (χ2v) is 11.2. The maximum atomic E-state index is 15.6. The minimum absolute atomic E-state index is 0.225. The van der Waals surface area contributed by atoms with E-state index >= 15 is 4.39 Å². The molecule has 2 nitrogen and oxygen atoms in total. The highest BCUT2D eigenvalue weighted by Gasteiger charge is 2.31. The fourth-order valence-corrected chi connectivity index (χ4v) is 7.18. The normalized spacial score (nSPS) is 18.1. The zero-order chi connectivity index (χ0) is 25.1. The van der Waals surface area contributed by atoms with Gasteiger partial charge in [0.1, 0.15) is 24.0 Å². The van der Waals surface area contributed by atoms with E-state index in [9.17, 15) is 0 Å². The fourth-order valence-electron chi connectivity index (χ4n) is 7.18. The highest BCUT2D eigenvalue weighted by atomic mass is 19.1. The van der Waals surface area contributed by atoms with Gasteiger partial charge in [-0.3, -0.25) is 0 Å². The number of pyridine rings is 1. The molecule has 0 saturated heterocycles. The molecule has 1 atom stereocenters. The Kier molecular flexibility index (Phi) is 5.42. The quantitative estimate of drug-likeness (QED) is 0.231. The monoisotopic (exact) mass is 490 g/mol. The Morgan fingerprint density at radius 1 is 0.838 bits per heavy atom. The van der Waals surface area contributed by atoms with Crippen molar-refractivity contribution in [3.05, 3.63) is 89.4 Å². The van der Waals surface area contributed by atoms with Crippen LogP contribution in [0.1, 0.15) is 61.1 Å². The number of nitrogens with zero attached hydrogens (tertiary/aromatic N) is 1. The molecule has 2 aliphatic carbocycles. The predicted molar refractivity (Wildman–Crippen MR) is 148 cm³/mol. The van der Waals surface area contributed by atoms with Crippen molar-refractivity contribution in [1.29, 1.82) is 0 Å². The van der Waals surface area contributed by atoms with E-state index in [2.05, 4.69) is 47.9 Å². The molecule has 7 rings (SSSR count). The van der Waals surface area contributed by atoms with Crippen molar-refractivity contribution >= 4 is 21.9 Å². The number of aryl methyl sites for hydroxylation is 3. The number of aromatic nitrogens is 1. The van der Waals surface area contributed by atoms with Gasteiger partial charge in [-0.05, 0) is 84.9 Å². The lowest BCUT2D eigenvalue weighted by molar-refractivity contribution is -0.660. The first-order valence-corrected chi connectivity index (χ1v) is 13.8. The first-order valence-electron chi connectivity index (χ1n) is 13.8. The van der Waals surface area contributed by atoms with E-state index in [0.29, 0.717) is 17.1 Å². The number of halogens is 1. The second-order valence-electron chi connectivity index (χ2n) is 11.2. The van der Waals surface area contributed by atoms with Crippen molar-refractivity contribution < 1.29 is 13.4 Å². The van der Waals surface area contributed by atoms with Crippen molar-refractivity contribution in [3.8, 4) is 22.4 Å². The van der Waals surface area contributed by atoms with E-state index < -0.39 is 0 Å². The van der Waals surface area contributed by atoms with Gasteiger partial charge in [-0.25, -0.2) is 8.96 Å². The lowest BCUT2D eigenvalue weighted by atomic mass is 9.77. The lowest BCUT2D eigenvalue weighted by Gasteiger charge is -2.28. The number of rotatable bonds is 3. The van der Waals surface area contributed by atoms with Gasteiger partial charge in [0.05, 0.1) is 11.1 Å². The Morgan fingerprint density at radius 3 is 2.43 bits per heavy atom. The van der Waals surface area contributed by atoms with Crippen molar-refractivity contribution in [3.63, 3.8) is 0 Å². The first-order chi connectivity index (χ1) is 18.1. The molecule has 37 heavy (non-hydrogen) atoms. The summed E-state index contributed by atoms with van der Waals surface area (Å²) in [6, 6.07) is 20.6. The van der Waals surface area contributed by atoms with Crippen LogP contribution in [0.15, 0.2) is 71.3 Å². The minimum Gasteiger partial charge on any atom is -0.454 e. The van der Waals surface area contributed by atoms with Gasteiger partial charge in [-0.2, -0.15) is 0 Å². The third-order valence-corrected chi connectivity index (χ3v) is 9.05. The van der Waals surface area contributed by atoms with Crippen LogP contribution < -0.4 is 4.57 Å². The van der Waals surface area contributed by atoms with Gasteiger partial charge >= 0.3 is 0 Å². The highest BCUT2D eigenvalue weighted by Crippen LogP contribution is 2.46. The van der Waals surface area contributed by atoms with Crippen molar-refractivity contribution in [1.82, 2.24) is 0 Å². The Balaban J connectivity index is 1.39. The molecular formula is C34H33FNO+. The summed E-state index contributed by atoms with van der Waals surface area (Å²) in [4.78, 5) is 0. The SMILES string of the molecule is Cc1ccc2c(oc3c(-c4ccc5c(c4)CCC5C4CCCCC4)c(F)ccc32)c1-c1cccc[n+]1C. The Labute approximate surface area is 217 Å². The maximum absolute atomic E-state index is 15.6. The molecule has 0 radical (unpaired) electrons. The molecule has 0 aliphatic heterocycles. The van der Waals surface area contributed by atoms with E-state index in [1.54, 1.807) is 6.07 Å². The molecule has 3 aromatic carbocycles. The first kappa shape index (κ1) is 22.7. The van der Waals surface area contributed by atoms with Gasteiger partial charge in [0.15, 0.2) is 6.20 Å². The summed E-state index contributed by atoms with van der Waals surface area (Å²) in [5, 5.41) is 1.99. The zero-order valence-electron chi connectivity index (χ0n) is 21.7. The molecule has 2 aliphatic rings. The Bertz CT molecular complexity index is 1660. The van der Waals surface area contributed by atoms with Crippen LogP contribution in [0.2, 0.25) is 0 Å². The van der Waals surface area contributed by atoms with E-state index in [1.165, 1.54) is 49.7 Å². The molecule has 5 aromatic rings. The van der Waals surface area contributed by atoms with Crippen LogP contribution in [-0.4, -0.2) is 0 Å². The highest BCUT2D eigenvalue weighted by molar-refractivity contribution is 6.13. The molecule has 1 unspecified atom stereocenters. The smallest absolute Gasteiger partial charge is 0.216 e. The summed E-state index contributed by atoms with van der Waals surface area (Å²) in [5.74, 6) is 1.27. The van der Waals surface area contributed by atoms with Gasteiger partial charge in [0.25, 0.3) is 0 Å². The molecule has 2 heterocycles. The number of furan rings is 1. The molecule has 2 aromatic heterocycles. The molecule has 0 amide bonds. The lowest BCUT2D eigenvalue weighted by Crippen LogP contribution is -2.30. The van der Waals surface area contributed by atoms with E-state index in [4.69, 9.17) is 4.42 Å². The second kappa shape index (κ2) is 8.83. The summed E-state index contributed by atoms with van der Waals surface area (Å²) in [5.41, 5.74) is 9.15. The van der Waals surface area contributed by atoms with Crippen molar-refractivity contribution in [2.45, 2.75) is 57.8 Å². The van der Waals surface area contributed by atoms with Crippen LogP contribution in [0.5, 0.6) is 0 Å². The zero-order valence-corrected chi connectivity index (χ0v) is 21.7. The summed E-state index contributed by atoms with van der Waals surface area (Å²) >= 11 is 0. The number of hydrogen-bond acceptors (Lipinski definition) is 1. The van der Waals surface area contributed by atoms with Crippen LogP contribution in [0.25, 0.3) is 44.3 Å². The van der Waals surface area contributed by atoms with E-state index in [1.807, 2.05) is 31.4 Å². The number of fused-ring (bicyclic) bond motifs is 4. The standard InChI is InChI=1S/C34H33FNO/c1-21-11-14-27-28-17-18-29(35)32(34(28)37-33(27)31(21)30-10-6-7-19-36(30)2)24-13-16-26-23(20-24)12-15-25(26)22-8-4-3-5-9-22/h6-7,10-11,13-14,16-20,22,25H,3-5,8-9,12,15H2,1-2H3/q+1. The summed E-state index contributed by atoms with van der Waals surface area (Å²) in [7, 11) is 2.05. The molecule has 186 valence electrons. The topological polar surface area (TPSA) is 17.0 Å². The summed E-state index contributed by atoms with van der Waals surface area (Å²) < 4.78 is 24.3. The molecule has 3 heteroatoms. The van der Waals surface area contributed by atoms with Crippen LogP contribution in [0, 0.1) is 18.7 Å². The molecule has 0 spiro atoms. The Morgan fingerprint density at radius 2 is 1.62 bits per heavy atom. The summed E-state index contributed by atoms with van der Waals surface area (Å²) in [6.45, 7) is 2.11. The number of hydrogen-bond donors (Lipinski definition) is 0. The number of benzene rings is 3. The van der Waals surface area contributed by atoms with E-state index in [0.717, 1.165) is 51.1 Å². The molecule has 1 fully saturated rings. The van der Waals surface area contributed by atoms with Crippen LogP contribution in [-0.2, 0) is 13.5 Å². The average Bonchev–Trinajstić information content (AvgIpc) is 3.51. The van der Waals surface area contributed by atoms with Crippen LogP contribution in [0.4, 0.5) is 4.39 Å². The third kappa shape index (κ3) is 3.62. The average molecular weight is 491 g/mol. The van der Waals surface area contributed by atoms with Crippen molar-refractivity contribution in [2.24, 2.45) is 13.0 Å². The third-order valence-electron chi connectivity index (χ3n) is 9.05. The van der Waals surface area contributed by atoms with Gasteiger partial charge in [-0.15, -0.1) is 0 Å². The largest absolute Gasteiger partial charge is 0.454 e.